The Hall–Kier alpha value is -1.99. The molecule has 0 radical (unpaired) electrons. The van der Waals surface area contributed by atoms with E-state index in [2.05, 4.69) is 16.9 Å². The summed E-state index contributed by atoms with van der Waals surface area (Å²) < 4.78 is 22.8. The molecule has 7 heteroatoms. The predicted octanol–water partition coefficient (Wildman–Crippen LogP) is 2.51. The minimum absolute atomic E-state index is 0.204. The fourth-order valence-electron chi connectivity index (χ4n) is 1.62. The molecule has 1 heterocycles. The van der Waals surface area contributed by atoms with Gasteiger partial charge in [-0.15, -0.1) is 11.3 Å². The maximum Gasteiger partial charge on any atom is 0.257 e. The number of amides is 1. The zero-order valence-electron chi connectivity index (χ0n) is 11.6. The molecule has 0 spiro atoms. The van der Waals surface area contributed by atoms with E-state index in [1.54, 1.807) is 12.1 Å². The van der Waals surface area contributed by atoms with Crippen LogP contribution in [0.25, 0.3) is 5.57 Å². The second-order valence-electron chi connectivity index (χ2n) is 4.52. The molecule has 0 saturated heterocycles. The minimum Gasteiger partial charge on any atom is -0.298 e. The molecule has 0 atom stereocenters. The maximum atomic E-state index is 12.0. The molecule has 0 aliphatic heterocycles. The van der Waals surface area contributed by atoms with Gasteiger partial charge in [0.2, 0.25) is 0 Å². The van der Waals surface area contributed by atoms with Gasteiger partial charge in [-0.25, -0.2) is 13.4 Å². The van der Waals surface area contributed by atoms with E-state index < -0.39 is 9.84 Å². The van der Waals surface area contributed by atoms with E-state index >= 15 is 0 Å². The summed E-state index contributed by atoms with van der Waals surface area (Å²) in [5.41, 5.74) is 1.65. The van der Waals surface area contributed by atoms with Crippen LogP contribution in [0.15, 0.2) is 41.1 Å². The number of nitrogens with zero attached hydrogens (tertiary/aromatic N) is 1. The SMILES string of the molecule is C=C(C(=O)Nc1nc(C)cs1)c1ccc(S(C)(=O)=O)cc1. The number of sulfone groups is 1. The van der Waals surface area contributed by atoms with E-state index in [0.717, 1.165) is 11.9 Å². The van der Waals surface area contributed by atoms with Crippen LogP contribution in [-0.4, -0.2) is 25.6 Å². The number of rotatable bonds is 4. The van der Waals surface area contributed by atoms with E-state index in [4.69, 9.17) is 0 Å². The molecule has 0 fully saturated rings. The molecule has 0 saturated carbocycles. The van der Waals surface area contributed by atoms with Crippen molar-refractivity contribution in [2.45, 2.75) is 11.8 Å². The van der Waals surface area contributed by atoms with Crippen LogP contribution in [0.2, 0.25) is 0 Å². The van der Waals surface area contributed by atoms with E-state index in [1.165, 1.54) is 23.5 Å². The summed E-state index contributed by atoms with van der Waals surface area (Å²) >= 11 is 1.33. The van der Waals surface area contributed by atoms with Crippen molar-refractivity contribution in [3.05, 3.63) is 47.5 Å². The summed E-state index contributed by atoms with van der Waals surface area (Å²) in [7, 11) is -3.25. The molecular formula is C14H14N2O3S2. The third-order valence-electron chi connectivity index (χ3n) is 2.74. The lowest BCUT2D eigenvalue weighted by Crippen LogP contribution is -2.12. The van der Waals surface area contributed by atoms with Gasteiger partial charge in [0, 0.05) is 17.2 Å². The highest BCUT2D eigenvalue weighted by molar-refractivity contribution is 7.90. The van der Waals surface area contributed by atoms with Crippen LogP contribution in [-0.2, 0) is 14.6 Å². The van der Waals surface area contributed by atoms with Crippen molar-refractivity contribution in [1.82, 2.24) is 4.98 Å². The van der Waals surface area contributed by atoms with Crippen LogP contribution in [0.5, 0.6) is 0 Å². The number of benzene rings is 1. The Labute approximate surface area is 127 Å². The summed E-state index contributed by atoms with van der Waals surface area (Å²) in [6.07, 6.45) is 1.13. The molecule has 1 amide bonds. The standard InChI is InChI=1S/C14H14N2O3S2/c1-9-8-20-14(15-9)16-13(17)10(2)11-4-6-12(7-5-11)21(3,18)19/h4-8H,2H2,1,3H3,(H,15,16,17). The zero-order chi connectivity index (χ0) is 15.6. The normalized spacial score (nSPS) is 11.1. The predicted molar refractivity (Wildman–Crippen MR) is 84.1 cm³/mol. The van der Waals surface area contributed by atoms with Crippen molar-refractivity contribution in [3.8, 4) is 0 Å². The van der Waals surface area contributed by atoms with E-state index in [0.29, 0.717) is 10.7 Å². The van der Waals surface area contributed by atoms with Gasteiger partial charge in [0.05, 0.1) is 10.6 Å². The highest BCUT2D eigenvalue weighted by Crippen LogP contribution is 2.20. The zero-order valence-corrected chi connectivity index (χ0v) is 13.2. The van der Waals surface area contributed by atoms with Gasteiger partial charge < -0.3 is 0 Å². The molecule has 21 heavy (non-hydrogen) atoms. The molecular weight excluding hydrogens is 308 g/mol. The van der Waals surface area contributed by atoms with Gasteiger partial charge in [0.15, 0.2) is 15.0 Å². The summed E-state index contributed by atoms with van der Waals surface area (Å²) in [5, 5.41) is 5.00. The fraction of sp³-hybridized carbons (Fsp3) is 0.143. The quantitative estimate of drug-likeness (QED) is 0.878. The number of hydrogen-bond donors (Lipinski definition) is 1. The van der Waals surface area contributed by atoms with Crippen LogP contribution in [0.1, 0.15) is 11.3 Å². The molecule has 110 valence electrons. The molecule has 0 unspecified atom stereocenters. The van der Waals surface area contributed by atoms with E-state index in [-0.39, 0.29) is 16.4 Å². The monoisotopic (exact) mass is 322 g/mol. The third-order valence-corrected chi connectivity index (χ3v) is 4.75. The van der Waals surface area contributed by atoms with Gasteiger partial charge >= 0.3 is 0 Å². The Kier molecular flexibility index (Phi) is 4.24. The highest BCUT2D eigenvalue weighted by Gasteiger charge is 2.13. The molecule has 1 N–H and O–H groups in total. The third kappa shape index (κ3) is 3.77. The molecule has 2 rings (SSSR count). The first-order valence-corrected chi connectivity index (χ1v) is 8.77. The Morgan fingerprint density at radius 3 is 2.38 bits per heavy atom. The summed E-state index contributed by atoms with van der Waals surface area (Å²) in [6.45, 7) is 5.57. The van der Waals surface area contributed by atoms with Crippen molar-refractivity contribution >= 4 is 37.8 Å². The molecule has 1 aromatic heterocycles. The van der Waals surface area contributed by atoms with Gasteiger partial charge in [-0.1, -0.05) is 18.7 Å². The Balaban J connectivity index is 2.14. The average molecular weight is 322 g/mol. The molecule has 0 bridgehead atoms. The van der Waals surface area contributed by atoms with Crippen LogP contribution < -0.4 is 5.32 Å². The van der Waals surface area contributed by atoms with Crippen LogP contribution in [0, 0.1) is 6.92 Å². The summed E-state index contributed by atoms with van der Waals surface area (Å²) in [5.74, 6) is -0.364. The first kappa shape index (κ1) is 15.4. The molecule has 5 nitrogen and oxygen atoms in total. The summed E-state index contributed by atoms with van der Waals surface area (Å²) in [4.78, 5) is 16.4. The van der Waals surface area contributed by atoms with Gasteiger partial charge in [0.1, 0.15) is 0 Å². The number of aryl methyl sites for hydroxylation is 1. The Bertz CT molecular complexity index is 790. The smallest absolute Gasteiger partial charge is 0.257 e. The average Bonchev–Trinajstić information content (AvgIpc) is 2.82. The number of aromatic nitrogens is 1. The molecule has 0 aliphatic carbocycles. The number of anilines is 1. The Morgan fingerprint density at radius 1 is 1.29 bits per heavy atom. The van der Waals surface area contributed by atoms with Crippen molar-refractivity contribution in [1.29, 1.82) is 0 Å². The van der Waals surface area contributed by atoms with Gasteiger partial charge in [-0.05, 0) is 24.6 Å². The molecule has 2 aromatic rings. The topological polar surface area (TPSA) is 76.1 Å². The number of carbonyl (C=O) groups is 1. The van der Waals surface area contributed by atoms with Crippen LogP contribution in [0.4, 0.5) is 5.13 Å². The number of carbonyl (C=O) groups excluding carboxylic acids is 1. The molecule has 1 aromatic carbocycles. The van der Waals surface area contributed by atoms with E-state index in [9.17, 15) is 13.2 Å². The molecule has 0 aliphatic rings. The van der Waals surface area contributed by atoms with Crippen LogP contribution >= 0.6 is 11.3 Å². The second kappa shape index (κ2) is 5.79. The van der Waals surface area contributed by atoms with Gasteiger partial charge in [-0.2, -0.15) is 0 Å². The van der Waals surface area contributed by atoms with Gasteiger partial charge in [-0.3, -0.25) is 10.1 Å². The first-order valence-electron chi connectivity index (χ1n) is 6.00. The Morgan fingerprint density at radius 2 is 1.90 bits per heavy atom. The van der Waals surface area contributed by atoms with Crippen molar-refractivity contribution in [2.75, 3.05) is 11.6 Å². The first-order chi connectivity index (χ1) is 9.77. The van der Waals surface area contributed by atoms with Crippen molar-refractivity contribution < 1.29 is 13.2 Å². The lowest BCUT2D eigenvalue weighted by molar-refractivity contribution is -0.111. The minimum atomic E-state index is -3.25. The number of nitrogens with one attached hydrogen (secondary N) is 1. The fourth-order valence-corrected chi connectivity index (χ4v) is 2.93. The lowest BCUT2D eigenvalue weighted by Gasteiger charge is -2.06. The second-order valence-corrected chi connectivity index (χ2v) is 7.40. The maximum absolute atomic E-state index is 12.0. The highest BCUT2D eigenvalue weighted by atomic mass is 32.2. The summed E-state index contributed by atoms with van der Waals surface area (Å²) in [6, 6.07) is 6.03. The lowest BCUT2D eigenvalue weighted by atomic mass is 10.1. The van der Waals surface area contributed by atoms with Crippen molar-refractivity contribution in [2.24, 2.45) is 0 Å². The number of thiazole rings is 1. The number of hydrogen-bond acceptors (Lipinski definition) is 5. The van der Waals surface area contributed by atoms with E-state index in [1.807, 2.05) is 12.3 Å². The largest absolute Gasteiger partial charge is 0.298 e. The van der Waals surface area contributed by atoms with Crippen molar-refractivity contribution in [3.63, 3.8) is 0 Å². The van der Waals surface area contributed by atoms with Gasteiger partial charge in [0.25, 0.3) is 5.91 Å². The van der Waals surface area contributed by atoms with Crippen LogP contribution in [0.3, 0.4) is 0 Å².